The molecule has 0 bridgehead atoms. The van der Waals surface area contributed by atoms with E-state index in [1.54, 1.807) is 6.92 Å². The molecule has 9 heteroatoms. The van der Waals surface area contributed by atoms with Gasteiger partial charge in [0.25, 0.3) is 0 Å². The van der Waals surface area contributed by atoms with Gasteiger partial charge in [-0.1, -0.05) is 0 Å². The molecule has 2 N–H and O–H groups in total. The SMILES string of the molecule is COc1ncc(F)c(-c2cn(C3NCCO3)nc2C(=O)O)c1C. The molecule has 1 aliphatic heterocycles. The summed E-state index contributed by atoms with van der Waals surface area (Å²) in [6.45, 7) is 2.72. The number of halogens is 1. The van der Waals surface area contributed by atoms with Crippen molar-refractivity contribution in [3.63, 3.8) is 0 Å². The van der Waals surface area contributed by atoms with E-state index in [-0.39, 0.29) is 22.7 Å². The number of aromatic carboxylic acids is 1. The highest BCUT2D eigenvalue weighted by molar-refractivity contribution is 5.94. The highest BCUT2D eigenvalue weighted by atomic mass is 19.1. The van der Waals surface area contributed by atoms with Gasteiger partial charge in [0.2, 0.25) is 12.2 Å². The molecule has 1 atom stereocenters. The average molecular weight is 322 g/mol. The maximum atomic E-state index is 14.3. The third kappa shape index (κ3) is 2.64. The minimum atomic E-state index is -1.26. The summed E-state index contributed by atoms with van der Waals surface area (Å²) in [5, 5.41) is 16.4. The summed E-state index contributed by atoms with van der Waals surface area (Å²) in [5.41, 5.74) is 0.372. The summed E-state index contributed by atoms with van der Waals surface area (Å²) < 4.78 is 26.1. The van der Waals surface area contributed by atoms with Crippen LogP contribution in [0, 0.1) is 12.7 Å². The normalized spacial score (nSPS) is 17.4. The van der Waals surface area contributed by atoms with Crippen LogP contribution in [-0.4, -0.2) is 46.1 Å². The zero-order valence-corrected chi connectivity index (χ0v) is 12.5. The van der Waals surface area contributed by atoms with Gasteiger partial charge in [-0.05, 0) is 6.92 Å². The molecule has 0 saturated carbocycles. The molecule has 3 heterocycles. The van der Waals surface area contributed by atoms with Gasteiger partial charge in [0.15, 0.2) is 5.69 Å². The van der Waals surface area contributed by atoms with Gasteiger partial charge in [0.05, 0.1) is 19.9 Å². The maximum absolute atomic E-state index is 14.3. The maximum Gasteiger partial charge on any atom is 0.357 e. The summed E-state index contributed by atoms with van der Waals surface area (Å²) in [6.07, 6.45) is 1.86. The Morgan fingerprint density at radius 1 is 1.61 bits per heavy atom. The van der Waals surface area contributed by atoms with Crippen LogP contribution in [0.25, 0.3) is 11.1 Å². The van der Waals surface area contributed by atoms with Gasteiger partial charge in [0, 0.05) is 29.4 Å². The molecule has 23 heavy (non-hydrogen) atoms. The number of ether oxygens (including phenoxy) is 2. The number of rotatable bonds is 4. The number of aromatic nitrogens is 3. The average Bonchev–Trinajstić information content (AvgIpc) is 3.16. The molecule has 3 rings (SSSR count). The van der Waals surface area contributed by atoms with Crippen LogP contribution in [0.2, 0.25) is 0 Å². The molecule has 1 saturated heterocycles. The van der Waals surface area contributed by atoms with Crippen molar-refractivity contribution in [3.05, 3.63) is 29.5 Å². The van der Waals surface area contributed by atoms with Crippen molar-refractivity contribution < 1.29 is 23.8 Å². The Morgan fingerprint density at radius 3 is 3.00 bits per heavy atom. The molecule has 1 aliphatic rings. The molecule has 122 valence electrons. The van der Waals surface area contributed by atoms with E-state index < -0.39 is 18.1 Å². The van der Waals surface area contributed by atoms with Crippen molar-refractivity contribution in [1.82, 2.24) is 20.1 Å². The summed E-state index contributed by atoms with van der Waals surface area (Å²) in [6, 6.07) is 0. The van der Waals surface area contributed by atoms with E-state index in [2.05, 4.69) is 15.4 Å². The summed E-state index contributed by atoms with van der Waals surface area (Å²) in [4.78, 5) is 15.3. The Labute approximate surface area is 130 Å². The van der Waals surface area contributed by atoms with E-state index in [9.17, 15) is 14.3 Å². The van der Waals surface area contributed by atoms with Crippen molar-refractivity contribution in [2.75, 3.05) is 20.3 Å². The van der Waals surface area contributed by atoms with Gasteiger partial charge in [-0.3, -0.25) is 5.32 Å². The Kier molecular flexibility index (Phi) is 3.97. The van der Waals surface area contributed by atoms with E-state index in [4.69, 9.17) is 9.47 Å². The summed E-state index contributed by atoms with van der Waals surface area (Å²) in [7, 11) is 1.41. The first-order chi connectivity index (χ1) is 11.0. The Bertz CT molecular complexity index is 755. The minimum absolute atomic E-state index is 0.0958. The molecule has 1 unspecified atom stereocenters. The van der Waals surface area contributed by atoms with Crippen molar-refractivity contribution in [2.24, 2.45) is 0 Å². The zero-order valence-electron chi connectivity index (χ0n) is 12.5. The van der Waals surface area contributed by atoms with E-state index in [0.29, 0.717) is 18.7 Å². The molecule has 0 radical (unpaired) electrons. The predicted molar refractivity (Wildman–Crippen MR) is 76.7 cm³/mol. The van der Waals surface area contributed by atoms with Gasteiger partial charge in [-0.25, -0.2) is 18.9 Å². The second kappa shape index (κ2) is 5.94. The van der Waals surface area contributed by atoms with Crippen LogP contribution in [0.4, 0.5) is 4.39 Å². The molecule has 8 nitrogen and oxygen atoms in total. The first-order valence-corrected chi connectivity index (χ1v) is 6.89. The van der Waals surface area contributed by atoms with Crippen LogP contribution in [0.3, 0.4) is 0 Å². The summed E-state index contributed by atoms with van der Waals surface area (Å²) in [5.74, 6) is -1.68. The number of carboxylic acids is 1. The second-order valence-electron chi connectivity index (χ2n) is 4.97. The smallest absolute Gasteiger partial charge is 0.357 e. The van der Waals surface area contributed by atoms with Gasteiger partial charge >= 0.3 is 5.97 Å². The predicted octanol–water partition coefficient (Wildman–Crippen LogP) is 1.18. The van der Waals surface area contributed by atoms with E-state index in [1.165, 1.54) is 18.0 Å². The third-order valence-electron chi connectivity index (χ3n) is 3.56. The van der Waals surface area contributed by atoms with Crippen molar-refractivity contribution in [2.45, 2.75) is 13.3 Å². The Morgan fingerprint density at radius 2 is 2.39 bits per heavy atom. The van der Waals surface area contributed by atoms with Gasteiger partial charge < -0.3 is 14.6 Å². The number of methoxy groups -OCH3 is 1. The number of nitrogens with zero attached hydrogens (tertiary/aromatic N) is 3. The number of carboxylic acid groups (broad SMARTS) is 1. The van der Waals surface area contributed by atoms with Gasteiger partial charge in [-0.15, -0.1) is 0 Å². The van der Waals surface area contributed by atoms with Crippen LogP contribution in [-0.2, 0) is 4.74 Å². The largest absolute Gasteiger partial charge is 0.481 e. The lowest BCUT2D eigenvalue weighted by Crippen LogP contribution is -2.21. The third-order valence-corrected chi connectivity index (χ3v) is 3.56. The lowest BCUT2D eigenvalue weighted by Gasteiger charge is -2.10. The first kappa shape index (κ1) is 15.4. The van der Waals surface area contributed by atoms with Crippen molar-refractivity contribution in [1.29, 1.82) is 0 Å². The topological polar surface area (TPSA) is 98.5 Å². The Balaban J connectivity index is 2.17. The number of pyridine rings is 1. The van der Waals surface area contributed by atoms with Crippen LogP contribution >= 0.6 is 0 Å². The second-order valence-corrected chi connectivity index (χ2v) is 4.97. The van der Waals surface area contributed by atoms with E-state index in [0.717, 1.165) is 6.20 Å². The fourth-order valence-corrected chi connectivity index (χ4v) is 2.53. The molecular formula is C14H15FN4O4. The molecule has 0 spiro atoms. The van der Waals surface area contributed by atoms with Gasteiger partial charge in [0.1, 0.15) is 5.82 Å². The highest BCUT2D eigenvalue weighted by Crippen LogP contribution is 2.33. The molecule has 2 aromatic heterocycles. The van der Waals surface area contributed by atoms with Gasteiger partial charge in [-0.2, -0.15) is 5.10 Å². The molecule has 0 aromatic carbocycles. The monoisotopic (exact) mass is 322 g/mol. The minimum Gasteiger partial charge on any atom is -0.481 e. The number of hydrogen-bond donors (Lipinski definition) is 2. The number of hydrogen-bond acceptors (Lipinski definition) is 6. The molecule has 2 aromatic rings. The number of nitrogens with one attached hydrogen (secondary N) is 1. The number of carbonyl (C=O) groups is 1. The van der Waals surface area contributed by atoms with Crippen LogP contribution in [0.5, 0.6) is 5.88 Å². The van der Waals surface area contributed by atoms with Crippen molar-refractivity contribution >= 4 is 5.97 Å². The fourth-order valence-electron chi connectivity index (χ4n) is 2.53. The van der Waals surface area contributed by atoms with Crippen LogP contribution in [0.1, 0.15) is 22.4 Å². The highest BCUT2D eigenvalue weighted by Gasteiger charge is 2.26. The quantitative estimate of drug-likeness (QED) is 0.872. The van der Waals surface area contributed by atoms with Crippen molar-refractivity contribution in [3.8, 4) is 17.0 Å². The standard InChI is InChI=1S/C14H15FN4O4/c1-7-10(9(15)5-17-12(7)22-2)8-6-19(14-16-3-4-23-14)18-11(8)13(20)21/h5-6,14,16H,3-4H2,1-2H3,(H,20,21). The Hall–Kier alpha value is -2.52. The molecule has 1 fully saturated rings. The molecule has 0 amide bonds. The van der Waals surface area contributed by atoms with E-state index in [1.807, 2.05) is 0 Å². The lowest BCUT2D eigenvalue weighted by atomic mass is 10.0. The summed E-state index contributed by atoms with van der Waals surface area (Å²) >= 11 is 0. The van der Waals surface area contributed by atoms with E-state index >= 15 is 0 Å². The van der Waals surface area contributed by atoms with Crippen LogP contribution in [0.15, 0.2) is 12.4 Å². The van der Waals surface area contributed by atoms with Crippen LogP contribution < -0.4 is 10.1 Å². The first-order valence-electron chi connectivity index (χ1n) is 6.89. The molecular weight excluding hydrogens is 307 g/mol. The lowest BCUT2D eigenvalue weighted by molar-refractivity contribution is 0.0336. The fraction of sp³-hybridized carbons (Fsp3) is 0.357. The zero-order chi connectivity index (χ0) is 16.6. The molecule has 0 aliphatic carbocycles.